The predicted octanol–water partition coefficient (Wildman–Crippen LogP) is 5.53. The number of likely N-dealkylation sites (N-methyl/N-ethyl adjacent to an activating group) is 1. The van der Waals surface area contributed by atoms with Crippen LogP contribution < -0.4 is 0 Å². The Bertz CT molecular complexity index is 1110. The molecule has 0 aromatic heterocycles. The van der Waals surface area contributed by atoms with Crippen LogP contribution in [-0.2, 0) is 4.79 Å². The summed E-state index contributed by atoms with van der Waals surface area (Å²) < 4.78 is 0. The first kappa shape index (κ1) is 20.5. The van der Waals surface area contributed by atoms with E-state index in [-0.39, 0.29) is 28.8 Å². The Balaban J connectivity index is 1.34. The van der Waals surface area contributed by atoms with Gasteiger partial charge < -0.3 is 10.0 Å². The minimum atomic E-state index is -0.286. The maximum atomic E-state index is 12.3. The summed E-state index contributed by atoms with van der Waals surface area (Å²) in [5, 5.41) is 14.2. The van der Waals surface area contributed by atoms with Crippen molar-refractivity contribution >= 4 is 16.7 Å². The quantitative estimate of drug-likeness (QED) is 0.647. The van der Waals surface area contributed by atoms with Crippen molar-refractivity contribution in [2.24, 2.45) is 28.6 Å². The second-order valence-corrected chi connectivity index (χ2v) is 11.6. The lowest BCUT2D eigenvalue weighted by atomic mass is 9.48. The Labute approximate surface area is 191 Å². The molecule has 168 valence electrons. The van der Waals surface area contributed by atoms with Crippen molar-refractivity contribution in [3.63, 3.8) is 0 Å². The van der Waals surface area contributed by atoms with Crippen molar-refractivity contribution in [1.82, 2.24) is 4.90 Å². The number of rotatable bonds is 1. The molecule has 1 amide bonds. The Morgan fingerprint density at radius 1 is 1.00 bits per heavy atom. The van der Waals surface area contributed by atoms with Gasteiger partial charge in [0.2, 0.25) is 5.91 Å². The van der Waals surface area contributed by atoms with E-state index in [1.807, 2.05) is 18.0 Å². The van der Waals surface area contributed by atoms with Crippen molar-refractivity contribution in [3.05, 3.63) is 60.2 Å². The second-order valence-electron chi connectivity index (χ2n) is 11.6. The average Bonchev–Trinajstić information content (AvgIpc) is 3.07. The first-order valence-corrected chi connectivity index (χ1v) is 12.5. The molecule has 6 rings (SSSR count). The van der Waals surface area contributed by atoms with Gasteiger partial charge >= 0.3 is 0 Å². The molecule has 0 spiro atoms. The van der Waals surface area contributed by atoms with Gasteiger partial charge in [-0.25, -0.2) is 0 Å². The van der Waals surface area contributed by atoms with E-state index in [0.29, 0.717) is 23.8 Å². The van der Waals surface area contributed by atoms with Crippen LogP contribution in [-0.4, -0.2) is 35.1 Å². The fourth-order valence-corrected chi connectivity index (χ4v) is 8.52. The Morgan fingerprint density at radius 2 is 1.78 bits per heavy atom. The predicted molar refractivity (Wildman–Crippen MR) is 128 cm³/mol. The number of hydrogen-bond acceptors (Lipinski definition) is 2. The van der Waals surface area contributed by atoms with Crippen LogP contribution in [0.5, 0.6) is 0 Å². The molecular formula is C29H35NO2. The molecule has 3 heteroatoms. The molecule has 4 aliphatic rings. The Hall–Kier alpha value is -2.13. The van der Waals surface area contributed by atoms with Gasteiger partial charge in [-0.1, -0.05) is 62.4 Å². The monoisotopic (exact) mass is 429 g/mol. The van der Waals surface area contributed by atoms with Gasteiger partial charge in [-0.05, 0) is 77.7 Å². The SMILES string of the molecule is CN1C(=O)C=C[C@@]2(C)C1CC[C@@H]1[C@H]2CC[C@]2(C)C(O)C(c3ccc4ccccc4c3)C[C@@H]12. The fraction of sp³-hybridized carbons (Fsp3) is 0.552. The highest BCUT2D eigenvalue weighted by atomic mass is 16.3. The molecule has 1 aliphatic heterocycles. The Kier molecular flexibility index (Phi) is 4.44. The molecule has 0 saturated heterocycles. The number of aliphatic hydroxyl groups is 1. The van der Waals surface area contributed by atoms with E-state index >= 15 is 0 Å². The maximum absolute atomic E-state index is 12.3. The molecule has 3 nitrogen and oxygen atoms in total. The van der Waals surface area contributed by atoms with Crippen LogP contribution in [0.1, 0.15) is 57.4 Å². The molecule has 3 unspecified atom stereocenters. The van der Waals surface area contributed by atoms with E-state index in [9.17, 15) is 9.90 Å². The average molecular weight is 430 g/mol. The standard InChI is InChI=1S/C29H35NO2/c1-28-15-13-26(31)30(3)25(28)11-10-21-23(28)12-14-29(2)24(21)17-22(27(29)32)20-9-8-18-6-4-5-7-19(18)16-20/h4-9,13,15-16,21-25,27,32H,10-12,14,17H2,1-3H3/t21-,22?,23-,24+,25?,27?,28-,29+/m1/s1. The van der Waals surface area contributed by atoms with E-state index in [1.54, 1.807) is 0 Å². The fourth-order valence-electron chi connectivity index (χ4n) is 8.52. The van der Waals surface area contributed by atoms with Crippen LogP contribution in [0.25, 0.3) is 10.8 Å². The third-order valence-electron chi connectivity index (χ3n) is 10.3. The molecule has 3 fully saturated rings. The number of benzene rings is 2. The minimum absolute atomic E-state index is 0.0131. The van der Waals surface area contributed by atoms with E-state index in [4.69, 9.17) is 0 Å². The summed E-state index contributed by atoms with van der Waals surface area (Å²) in [6, 6.07) is 15.6. The first-order valence-electron chi connectivity index (χ1n) is 12.5. The molecule has 0 radical (unpaired) electrons. The smallest absolute Gasteiger partial charge is 0.246 e. The number of carbonyl (C=O) groups excluding carboxylic acids is 1. The molecule has 3 saturated carbocycles. The summed E-state index contributed by atoms with van der Waals surface area (Å²) in [4.78, 5) is 14.3. The van der Waals surface area contributed by atoms with Crippen LogP contribution >= 0.6 is 0 Å². The minimum Gasteiger partial charge on any atom is -0.392 e. The van der Waals surface area contributed by atoms with Crippen molar-refractivity contribution in [1.29, 1.82) is 0 Å². The highest BCUT2D eigenvalue weighted by molar-refractivity contribution is 5.89. The van der Waals surface area contributed by atoms with E-state index in [1.165, 1.54) is 22.8 Å². The summed E-state index contributed by atoms with van der Waals surface area (Å²) in [5.74, 6) is 2.13. The van der Waals surface area contributed by atoms with E-state index < -0.39 is 0 Å². The van der Waals surface area contributed by atoms with Gasteiger partial charge in [0.25, 0.3) is 0 Å². The summed E-state index contributed by atoms with van der Waals surface area (Å²) in [5.41, 5.74) is 1.34. The molecule has 1 N–H and O–H groups in total. The molecular weight excluding hydrogens is 394 g/mol. The van der Waals surface area contributed by atoms with E-state index in [0.717, 1.165) is 25.7 Å². The zero-order valence-corrected chi connectivity index (χ0v) is 19.5. The lowest BCUT2D eigenvalue weighted by Gasteiger charge is -2.60. The molecule has 8 atom stereocenters. The summed E-state index contributed by atoms with van der Waals surface area (Å²) in [6.45, 7) is 4.75. The molecule has 2 aromatic carbocycles. The summed E-state index contributed by atoms with van der Waals surface area (Å²) in [7, 11) is 1.98. The molecule has 1 heterocycles. The lowest BCUT2D eigenvalue weighted by molar-refractivity contribution is -0.140. The highest BCUT2D eigenvalue weighted by Gasteiger charge is 2.62. The van der Waals surface area contributed by atoms with Gasteiger partial charge in [0, 0.05) is 24.4 Å². The van der Waals surface area contributed by atoms with Crippen LogP contribution in [0.3, 0.4) is 0 Å². The van der Waals surface area contributed by atoms with Crippen LogP contribution in [0.15, 0.2) is 54.6 Å². The molecule has 32 heavy (non-hydrogen) atoms. The second kappa shape index (κ2) is 6.93. The zero-order valence-electron chi connectivity index (χ0n) is 19.5. The summed E-state index contributed by atoms with van der Waals surface area (Å²) >= 11 is 0. The van der Waals surface area contributed by atoms with Crippen molar-refractivity contribution in [2.45, 2.75) is 64.0 Å². The van der Waals surface area contributed by atoms with Crippen LogP contribution in [0, 0.1) is 28.6 Å². The number of fused-ring (bicyclic) bond motifs is 6. The van der Waals surface area contributed by atoms with Crippen LogP contribution in [0.4, 0.5) is 0 Å². The largest absolute Gasteiger partial charge is 0.392 e. The van der Waals surface area contributed by atoms with Gasteiger partial charge in [0.15, 0.2) is 0 Å². The summed E-state index contributed by atoms with van der Waals surface area (Å²) in [6.07, 6.45) is 9.33. The number of aliphatic hydroxyl groups excluding tert-OH is 1. The van der Waals surface area contributed by atoms with Crippen molar-refractivity contribution in [2.75, 3.05) is 7.05 Å². The Morgan fingerprint density at radius 3 is 2.59 bits per heavy atom. The van der Waals surface area contributed by atoms with Crippen molar-refractivity contribution in [3.8, 4) is 0 Å². The first-order chi connectivity index (χ1) is 15.3. The van der Waals surface area contributed by atoms with Gasteiger partial charge in [0.05, 0.1) is 6.10 Å². The number of carbonyl (C=O) groups is 1. The van der Waals surface area contributed by atoms with Crippen molar-refractivity contribution < 1.29 is 9.90 Å². The zero-order chi connectivity index (χ0) is 22.3. The number of hydrogen-bond donors (Lipinski definition) is 1. The van der Waals surface area contributed by atoms with Crippen LogP contribution in [0.2, 0.25) is 0 Å². The molecule has 0 bridgehead atoms. The lowest BCUT2D eigenvalue weighted by Crippen LogP contribution is -2.59. The van der Waals surface area contributed by atoms with E-state index in [2.05, 4.69) is 62.4 Å². The van der Waals surface area contributed by atoms with Gasteiger partial charge in [-0.3, -0.25) is 4.79 Å². The number of nitrogens with zero attached hydrogens (tertiary/aromatic N) is 1. The maximum Gasteiger partial charge on any atom is 0.246 e. The highest BCUT2D eigenvalue weighted by Crippen LogP contribution is 2.66. The topological polar surface area (TPSA) is 40.5 Å². The third kappa shape index (κ3) is 2.67. The van der Waals surface area contributed by atoms with Gasteiger partial charge in [0.1, 0.15) is 0 Å². The normalized spacial score (nSPS) is 43.1. The molecule has 2 aromatic rings. The number of amides is 1. The van der Waals surface area contributed by atoms with Gasteiger partial charge in [-0.15, -0.1) is 0 Å². The third-order valence-corrected chi connectivity index (χ3v) is 10.3. The van der Waals surface area contributed by atoms with Gasteiger partial charge in [-0.2, -0.15) is 0 Å². The molecule has 3 aliphatic carbocycles.